The molecule has 3 aromatic carbocycles. The number of carbonyl (C=O) groups is 2. The summed E-state index contributed by atoms with van der Waals surface area (Å²) in [6.07, 6.45) is 0.739. The fourth-order valence-electron chi connectivity index (χ4n) is 4.29. The lowest BCUT2D eigenvalue weighted by atomic mass is 10.0. The van der Waals surface area contributed by atoms with Gasteiger partial charge in [0.15, 0.2) is 0 Å². The maximum atomic E-state index is 13.0. The van der Waals surface area contributed by atoms with Crippen LogP contribution in [-0.2, 0) is 19.5 Å². The molecule has 2 heterocycles. The van der Waals surface area contributed by atoms with Crippen LogP contribution in [0.4, 0.5) is 5.00 Å². The second kappa shape index (κ2) is 9.75. The molecule has 1 aliphatic rings. The molecule has 33 heavy (non-hydrogen) atoms. The second-order valence-electron chi connectivity index (χ2n) is 8.03. The van der Waals surface area contributed by atoms with E-state index < -0.39 is 5.91 Å². The normalized spacial score (nSPS) is 13.2. The Kier molecular flexibility index (Phi) is 6.79. The number of nitrogens with two attached hydrogens (primary N) is 1. The van der Waals surface area contributed by atoms with Crippen molar-refractivity contribution in [2.24, 2.45) is 5.73 Å². The van der Waals surface area contributed by atoms with Crippen LogP contribution in [0.15, 0.2) is 72.8 Å². The van der Waals surface area contributed by atoms with Crippen molar-refractivity contribution in [3.8, 4) is 0 Å². The molecule has 0 bridgehead atoms. The number of fused-ring (bicyclic) bond motifs is 2. The third kappa shape index (κ3) is 4.78. The first kappa shape index (κ1) is 23.0. The number of nitrogens with one attached hydrogen (secondary N) is 1. The molecule has 0 spiro atoms. The van der Waals surface area contributed by atoms with Gasteiger partial charge in [-0.15, -0.1) is 23.7 Å². The molecule has 0 saturated carbocycles. The molecule has 1 aromatic heterocycles. The van der Waals surface area contributed by atoms with E-state index in [0.29, 0.717) is 16.1 Å². The second-order valence-corrected chi connectivity index (χ2v) is 9.14. The molecule has 2 amide bonds. The van der Waals surface area contributed by atoms with Gasteiger partial charge >= 0.3 is 0 Å². The van der Waals surface area contributed by atoms with Crippen LogP contribution in [0, 0.1) is 0 Å². The Bertz CT molecular complexity index is 1320. The highest BCUT2D eigenvalue weighted by atomic mass is 35.5. The third-order valence-corrected chi connectivity index (χ3v) is 7.00. The van der Waals surface area contributed by atoms with Crippen LogP contribution < -0.4 is 11.1 Å². The van der Waals surface area contributed by atoms with Gasteiger partial charge in [-0.25, -0.2) is 0 Å². The summed E-state index contributed by atoms with van der Waals surface area (Å²) in [5.41, 5.74) is 8.97. The van der Waals surface area contributed by atoms with E-state index in [1.165, 1.54) is 16.9 Å². The van der Waals surface area contributed by atoms with E-state index in [-0.39, 0.29) is 18.3 Å². The van der Waals surface area contributed by atoms with Gasteiger partial charge in [0, 0.05) is 30.1 Å². The molecule has 0 saturated heterocycles. The van der Waals surface area contributed by atoms with Gasteiger partial charge in [0.05, 0.1) is 5.56 Å². The molecule has 0 radical (unpaired) electrons. The smallest absolute Gasteiger partial charge is 0.256 e. The van der Waals surface area contributed by atoms with E-state index in [0.717, 1.165) is 47.3 Å². The number of nitrogens with zero attached hydrogens (tertiary/aromatic N) is 1. The summed E-state index contributed by atoms with van der Waals surface area (Å²) in [4.78, 5) is 28.7. The maximum Gasteiger partial charge on any atom is 0.256 e. The van der Waals surface area contributed by atoms with Crippen LogP contribution in [0.5, 0.6) is 0 Å². The molecular weight excluding hydrogens is 454 g/mol. The number of hydrogen-bond donors (Lipinski definition) is 2. The molecule has 3 N–H and O–H groups in total. The molecule has 1 aliphatic heterocycles. The molecule has 0 fully saturated rings. The SMILES string of the molecule is Cl.NC(=O)c1c(NC(=O)c2ccc3ccccc3c2)sc2c1CCN(Cc1ccccc1)C2. The first-order valence-corrected chi connectivity index (χ1v) is 11.4. The topological polar surface area (TPSA) is 75.4 Å². The summed E-state index contributed by atoms with van der Waals surface area (Å²) in [6, 6.07) is 23.8. The van der Waals surface area contributed by atoms with Crippen molar-refractivity contribution >= 4 is 51.3 Å². The molecule has 168 valence electrons. The van der Waals surface area contributed by atoms with E-state index >= 15 is 0 Å². The number of thiophene rings is 1. The van der Waals surface area contributed by atoms with Crippen LogP contribution in [0.3, 0.4) is 0 Å². The molecule has 0 aliphatic carbocycles. The van der Waals surface area contributed by atoms with Crippen LogP contribution in [0.1, 0.15) is 36.7 Å². The third-order valence-electron chi connectivity index (χ3n) is 5.87. The van der Waals surface area contributed by atoms with Crippen molar-refractivity contribution in [1.82, 2.24) is 4.90 Å². The summed E-state index contributed by atoms with van der Waals surface area (Å²) in [7, 11) is 0. The van der Waals surface area contributed by atoms with Crippen LogP contribution in [0.25, 0.3) is 10.8 Å². The van der Waals surface area contributed by atoms with Crippen LogP contribution >= 0.6 is 23.7 Å². The largest absolute Gasteiger partial charge is 0.365 e. The molecule has 5 rings (SSSR count). The Morgan fingerprint density at radius 3 is 2.45 bits per heavy atom. The summed E-state index contributed by atoms with van der Waals surface area (Å²) >= 11 is 1.46. The lowest BCUT2D eigenvalue weighted by molar-refractivity contribution is 0.0999. The average molecular weight is 478 g/mol. The highest BCUT2D eigenvalue weighted by Gasteiger charge is 2.28. The van der Waals surface area contributed by atoms with E-state index in [4.69, 9.17) is 5.73 Å². The fraction of sp³-hybridized carbons (Fsp3) is 0.154. The number of anilines is 1. The fourth-order valence-corrected chi connectivity index (χ4v) is 5.58. The number of rotatable bonds is 5. The first-order chi connectivity index (χ1) is 15.6. The van der Waals surface area contributed by atoms with Crippen molar-refractivity contribution < 1.29 is 9.59 Å². The lowest BCUT2D eigenvalue weighted by Gasteiger charge is -2.27. The Balaban J connectivity index is 0.00000259. The zero-order chi connectivity index (χ0) is 22.1. The van der Waals surface area contributed by atoms with E-state index in [2.05, 4.69) is 22.3 Å². The monoisotopic (exact) mass is 477 g/mol. The van der Waals surface area contributed by atoms with Gasteiger partial charge in [0.1, 0.15) is 5.00 Å². The van der Waals surface area contributed by atoms with E-state index in [1.54, 1.807) is 6.07 Å². The summed E-state index contributed by atoms with van der Waals surface area (Å²) in [6.45, 7) is 2.43. The van der Waals surface area contributed by atoms with Crippen molar-refractivity contribution in [2.75, 3.05) is 11.9 Å². The Morgan fingerprint density at radius 1 is 0.970 bits per heavy atom. The highest BCUT2D eigenvalue weighted by molar-refractivity contribution is 7.17. The lowest BCUT2D eigenvalue weighted by Crippen LogP contribution is -2.30. The molecule has 7 heteroatoms. The minimum atomic E-state index is -0.493. The summed E-state index contributed by atoms with van der Waals surface area (Å²) < 4.78 is 0. The predicted molar refractivity (Wildman–Crippen MR) is 136 cm³/mol. The quantitative estimate of drug-likeness (QED) is 0.413. The minimum Gasteiger partial charge on any atom is -0.365 e. The zero-order valence-corrected chi connectivity index (χ0v) is 19.5. The van der Waals surface area contributed by atoms with Crippen LogP contribution in [0.2, 0.25) is 0 Å². The van der Waals surface area contributed by atoms with Crippen molar-refractivity contribution in [2.45, 2.75) is 19.5 Å². The van der Waals surface area contributed by atoms with Crippen LogP contribution in [-0.4, -0.2) is 23.3 Å². The van der Waals surface area contributed by atoms with Crippen molar-refractivity contribution in [3.63, 3.8) is 0 Å². The number of hydrogen-bond acceptors (Lipinski definition) is 4. The molecule has 4 aromatic rings. The van der Waals surface area contributed by atoms with Gasteiger partial charge in [-0.3, -0.25) is 14.5 Å². The minimum absolute atomic E-state index is 0. The number of primary amides is 1. The number of benzene rings is 3. The van der Waals surface area contributed by atoms with Gasteiger partial charge < -0.3 is 11.1 Å². The molecule has 0 atom stereocenters. The van der Waals surface area contributed by atoms with Gasteiger partial charge in [0.25, 0.3) is 11.8 Å². The number of halogens is 1. The Labute approximate surface area is 202 Å². The highest BCUT2D eigenvalue weighted by Crippen LogP contribution is 2.37. The molecular formula is C26H24ClN3O2S. The molecule has 0 unspecified atom stereocenters. The van der Waals surface area contributed by atoms with Crippen molar-refractivity contribution in [1.29, 1.82) is 0 Å². The Morgan fingerprint density at radius 2 is 1.70 bits per heavy atom. The Hall–Kier alpha value is -3.19. The average Bonchev–Trinajstić information content (AvgIpc) is 3.16. The maximum absolute atomic E-state index is 13.0. The number of carbonyl (C=O) groups excluding carboxylic acids is 2. The van der Waals surface area contributed by atoms with E-state index in [1.807, 2.05) is 54.6 Å². The predicted octanol–water partition coefficient (Wildman–Crippen LogP) is 5.23. The van der Waals surface area contributed by atoms with Gasteiger partial charge in [-0.05, 0) is 40.5 Å². The first-order valence-electron chi connectivity index (χ1n) is 10.6. The summed E-state index contributed by atoms with van der Waals surface area (Å²) in [5, 5.41) is 5.57. The molecule has 5 nitrogen and oxygen atoms in total. The van der Waals surface area contributed by atoms with Crippen molar-refractivity contribution in [3.05, 3.63) is 99.9 Å². The summed E-state index contributed by atoms with van der Waals surface area (Å²) in [5.74, 6) is -0.731. The van der Waals surface area contributed by atoms with Gasteiger partial charge in [-0.1, -0.05) is 60.7 Å². The van der Waals surface area contributed by atoms with Gasteiger partial charge in [0.2, 0.25) is 0 Å². The number of amides is 2. The standard InChI is InChI=1S/C26H23N3O2S.ClH/c27-24(30)23-21-12-13-29(15-17-6-2-1-3-7-17)16-22(21)32-26(23)28-25(31)20-11-10-18-8-4-5-9-19(18)14-20;/h1-11,14H,12-13,15-16H2,(H2,27,30)(H,28,31);1H. The zero-order valence-electron chi connectivity index (χ0n) is 17.9. The van der Waals surface area contributed by atoms with Gasteiger partial charge in [-0.2, -0.15) is 0 Å². The van der Waals surface area contributed by atoms with E-state index in [9.17, 15) is 9.59 Å².